The zero-order valence-electron chi connectivity index (χ0n) is 29.8. The monoisotopic (exact) mass is 687 g/mol. The smallest absolute Gasteiger partial charge is 0.0714 e. The molecule has 0 amide bonds. The summed E-state index contributed by atoms with van der Waals surface area (Å²) < 4.78 is 0. The van der Waals surface area contributed by atoms with Crippen molar-refractivity contribution >= 4 is 27.8 Å². The Kier molecular flexibility index (Phi) is 7.78. The van der Waals surface area contributed by atoms with E-state index in [1.54, 1.807) is 0 Å². The van der Waals surface area contributed by atoms with Crippen LogP contribution in [0.25, 0.3) is 44.2 Å². The van der Waals surface area contributed by atoms with Gasteiger partial charge in [0.05, 0.1) is 16.8 Å². The van der Waals surface area contributed by atoms with Crippen LogP contribution in [0.15, 0.2) is 224 Å². The fourth-order valence-electron chi connectivity index (χ4n) is 8.77. The Hall–Kier alpha value is -6.96. The number of hydrogen-bond donors (Lipinski definition) is 0. The molecule has 9 aromatic carbocycles. The fraction of sp³-hybridized carbons (Fsp3) is 0.0189. The second-order valence-electron chi connectivity index (χ2n) is 14.1. The van der Waals surface area contributed by atoms with Crippen LogP contribution in [0.5, 0.6) is 0 Å². The minimum absolute atomic E-state index is 0.495. The quantitative estimate of drug-likeness (QED) is 0.161. The van der Waals surface area contributed by atoms with Gasteiger partial charge in [-0.05, 0) is 85.6 Å². The van der Waals surface area contributed by atoms with Crippen molar-refractivity contribution in [3.8, 4) is 33.4 Å². The van der Waals surface area contributed by atoms with Crippen LogP contribution in [0.4, 0.5) is 17.1 Å². The van der Waals surface area contributed by atoms with Gasteiger partial charge in [-0.3, -0.25) is 0 Å². The number of anilines is 3. The van der Waals surface area contributed by atoms with Gasteiger partial charge in [0.2, 0.25) is 0 Å². The minimum Gasteiger partial charge on any atom is -0.309 e. The number of para-hydroxylation sites is 1. The Morgan fingerprint density at radius 1 is 0.315 bits per heavy atom. The standard InChI is InChI=1S/C53H37N/c1-4-17-38(18-5-1)40-33-35-45(36-34-40)54(50-29-15-13-25-46(50)42-32-31-39-19-10-11-20-41(39)37-42)51-30-16-28-49-52(51)47-26-12-14-27-48(47)53(49,43-21-6-2-7-22-43)44-23-8-3-9-24-44/h1-37H. The molecular weight excluding hydrogens is 651 g/mol. The molecule has 54 heavy (non-hydrogen) atoms. The van der Waals surface area contributed by atoms with Crippen molar-refractivity contribution in [2.45, 2.75) is 5.41 Å². The van der Waals surface area contributed by atoms with E-state index in [-0.39, 0.29) is 0 Å². The molecular formula is C53H37N. The maximum atomic E-state index is 2.49. The van der Waals surface area contributed by atoms with E-state index in [0.717, 1.165) is 17.1 Å². The molecule has 0 bridgehead atoms. The largest absolute Gasteiger partial charge is 0.309 e. The number of fused-ring (bicyclic) bond motifs is 4. The van der Waals surface area contributed by atoms with E-state index >= 15 is 0 Å². The minimum atomic E-state index is -0.495. The van der Waals surface area contributed by atoms with Crippen LogP contribution in [-0.4, -0.2) is 0 Å². The molecule has 10 rings (SSSR count). The van der Waals surface area contributed by atoms with Crippen LogP contribution in [-0.2, 0) is 5.41 Å². The zero-order chi connectivity index (χ0) is 35.9. The molecule has 0 N–H and O–H groups in total. The molecule has 0 aromatic heterocycles. The molecule has 1 heteroatoms. The second kappa shape index (κ2) is 13.2. The first-order chi connectivity index (χ1) is 26.8. The summed E-state index contributed by atoms with van der Waals surface area (Å²) in [6.45, 7) is 0. The van der Waals surface area contributed by atoms with E-state index in [4.69, 9.17) is 0 Å². The highest BCUT2D eigenvalue weighted by Gasteiger charge is 2.47. The average Bonchev–Trinajstić information content (AvgIpc) is 3.57. The number of nitrogens with zero attached hydrogens (tertiary/aromatic N) is 1. The van der Waals surface area contributed by atoms with Gasteiger partial charge in [-0.25, -0.2) is 0 Å². The molecule has 0 spiro atoms. The summed E-state index contributed by atoms with van der Waals surface area (Å²) in [6, 6.07) is 82.0. The van der Waals surface area contributed by atoms with Gasteiger partial charge in [-0.15, -0.1) is 0 Å². The summed E-state index contributed by atoms with van der Waals surface area (Å²) in [4.78, 5) is 2.49. The van der Waals surface area contributed by atoms with Crippen molar-refractivity contribution in [3.05, 3.63) is 247 Å². The van der Waals surface area contributed by atoms with Crippen LogP contribution in [0, 0.1) is 0 Å². The third-order valence-electron chi connectivity index (χ3n) is 11.1. The third-order valence-corrected chi connectivity index (χ3v) is 11.1. The van der Waals surface area contributed by atoms with Gasteiger partial charge in [0, 0.05) is 16.8 Å². The summed E-state index contributed by atoms with van der Waals surface area (Å²) in [5.74, 6) is 0. The van der Waals surface area contributed by atoms with Gasteiger partial charge in [0.25, 0.3) is 0 Å². The molecule has 1 nitrogen and oxygen atoms in total. The SMILES string of the molecule is c1ccc(-c2ccc(N(c3ccccc3-c3ccc4ccccc4c3)c3cccc4c3-c3ccccc3C4(c3ccccc3)c3ccccc3)cc2)cc1. The predicted octanol–water partition coefficient (Wildman–Crippen LogP) is 14.0. The molecule has 1 aliphatic carbocycles. The van der Waals surface area contributed by atoms with Crippen molar-refractivity contribution < 1.29 is 0 Å². The lowest BCUT2D eigenvalue weighted by Crippen LogP contribution is -2.28. The molecule has 254 valence electrons. The van der Waals surface area contributed by atoms with Crippen LogP contribution in [0.1, 0.15) is 22.3 Å². The fourth-order valence-corrected chi connectivity index (χ4v) is 8.77. The van der Waals surface area contributed by atoms with Gasteiger partial charge < -0.3 is 4.90 Å². The highest BCUT2D eigenvalue weighted by molar-refractivity contribution is 6.00. The summed E-state index contributed by atoms with van der Waals surface area (Å²) in [7, 11) is 0. The average molecular weight is 688 g/mol. The summed E-state index contributed by atoms with van der Waals surface area (Å²) >= 11 is 0. The van der Waals surface area contributed by atoms with E-state index in [1.165, 1.54) is 66.4 Å². The molecule has 9 aromatic rings. The summed E-state index contributed by atoms with van der Waals surface area (Å²) in [5, 5.41) is 2.47. The van der Waals surface area contributed by atoms with Crippen molar-refractivity contribution in [2.24, 2.45) is 0 Å². The normalized spacial score (nSPS) is 12.6. The van der Waals surface area contributed by atoms with Crippen LogP contribution < -0.4 is 4.90 Å². The van der Waals surface area contributed by atoms with Gasteiger partial charge in [0.1, 0.15) is 0 Å². The van der Waals surface area contributed by atoms with Crippen LogP contribution in [0.3, 0.4) is 0 Å². The van der Waals surface area contributed by atoms with Crippen molar-refractivity contribution in [1.82, 2.24) is 0 Å². The summed E-state index contributed by atoms with van der Waals surface area (Å²) in [6.07, 6.45) is 0. The lowest BCUT2D eigenvalue weighted by atomic mass is 9.68. The van der Waals surface area contributed by atoms with E-state index in [1.807, 2.05) is 0 Å². The number of rotatable bonds is 7. The molecule has 0 radical (unpaired) electrons. The summed E-state index contributed by atoms with van der Waals surface area (Å²) in [5.41, 5.74) is 15.3. The molecule has 1 aliphatic rings. The Balaban J connectivity index is 1.26. The predicted molar refractivity (Wildman–Crippen MR) is 227 cm³/mol. The molecule has 0 atom stereocenters. The van der Waals surface area contributed by atoms with Crippen molar-refractivity contribution in [2.75, 3.05) is 4.90 Å². The van der Waals surface area contributed by atoms with E-state index < -0.39 is 5.41 Å². The molecule has 0 fully saturated rings. The second-order valence-corrected chi connectivity index (χ2v) is 14.1. The first-order valence-electron chi connectivity index (χ1n) is 18.7. The first kappa shape index (κ1) is 31.7. The van der Waals surface area contributed by atoms with Crippen LogP contribution in [0.2, 0.25) is 0 Å². The van der Waals surface area contributed by atoms with Gasteiger partial charge in [-0.2, -0.15) is 0 Å². The number of hydrogen-bond acceptors (Lipinski definition) is 1. The molecule has 0 saturated heterocycles. The molecule has 0 aliphatic heterocycles. The van der Waals surface area contributed by atoms with Crippen molar-refractivity contribution in [1.29, 1.82) is 0 Å². The Labute approximate surface area is 317 Å². The molecule has 0 saturated carbocycles. The highest BCUT2D eigenvalue weighted by Crippen LogP contribution is 2.59. The third kappa shape index (κ3) is 5.09. The first-order valence-corrected chi connectivity index (χ1v) is 18.7. The van der Waals surface area contributed by atoms with Crippen molar-refractivity contribution in [3.63, 3.8) is 0 Å². The maximum Gasteiger partial charge on any atom is 0.0714 e. The van der Waals surface area contributed by atoms with Gasteiger partial charge in [-0.1, -0.05) is 194 Å². The topological polar surface area (TPSA) is 3.24 Å². The van der Waals surface area contributed by atoms with E-state index in [0.29, 0.717) is 0 Å². The Bertz CT molecular complexity index is 2710. The Morgan fingerprint density at radius 2 is 0.833 bits per heavy atom. The molecule has 0 heterocycles. The van der Waals surface area contributed by atoms with Gasteiger partial charge in [0.15, 0.2) is 0 Å². The zero-order valence-corrected chi connectivity index (χ0v) is 29.8. The van der Waals surface area contributed by atoms with E-state index in [9.17, 15) is 0 Å². The van der Waals surface area contributed by atoms with E-state index in [2.05, 4.69) is 229 Å². The highest BCUT2D eigenvalue weighted by atomic mass is 15.1. The van der Waals surface area contributed by atoms with Crippen LogP contribution >= 0.6 is 0 Å². The maximum absolute atomic E-state index is 2.49. The lowest BCUT2D eigenvalue weighted by Gasteiger charge is -2.34. The molecule has 0 unspecified atom stereocenters. The number of benzene rings is 9. The van der Waals surface area contributed by atoms with Gasteiger partial charge >= 0.3 is 0 Å². The Morgan fingerprint density at radius 3 is 1.56 bits per heavy atom. The lowest BCUT2D eigenvalue weighted by molar-refractivity contribution is 0.768.